The normalized spacial score (nSPS) is 32.3. The molecule has 2 unspecified atom stereocenters. The molecule has 2 saturated carbocycles. The number of carbonyl (C=O) groups excluding carboxylic acids is 1. The Morgan fingerprint density at radius 2 is 1.89 bits per heavy atom. The molecule has 0 aromatic rings. The van der Waals surface area contributed by atoms with Crippen LogP contribution in [0.4, 0.5) is 0 Å². The molecule has 4 heteroatoms. The summed E-state index contributed by atoms with van der Waals surface area (Å²) in [6.45, 7) is 5.82. The summed E-state index contributed by atoms with van der Waals surface area (Å²) < 4.78 is 5.92. The van der Waals surface area contributed by atoms with Gasteiger partial charge in [-0.05, 0) is 31.6 Å². The van der Waals surface area contributed by atoms with Crippen LogP contribution in [0.1, 0.15) is 40.0 Å². The maximum absolute atomic E-state index is 11.2. The van der Waals surface area contributed by atoms with Gasteiger partial charge in [-0.15, -0.1) is 0 Å². The average Bonchev–Trinajstić information content (AvgIpc) is 2.78. The second-order valence-corrected chi connectivity index (χ2v) is 6.23. The third-order valence-corrected chi connectivity index (χ3v) is 4.41. The Kier molecular flexibility index (Phi) is 2.99. The van der Waals surface area contributed by atoms with E-state index in [-0.39, 0.29) is 16.9 Å². The molecule has 0 radical (unpaired) electrons. The summed E-state index contributed by atoms with van der Waals surface area (Å²) in [6.07, 6.45) is 5.13. The number of carboxylic acids is 1. The van der Waals surface area contributed by atoms with Gasteiger partial charge >= 0.3 is 5.97 Å². The van der Waals surface area contributed by atoms with Crippen LogP contribution in [0, 0.1) is 17.3 Å². The molecule has 2 fully saturated rings. The van der Waals surface area contributed by atoms with Gasteiger partial charge in [0.05, 0.1) is 5.92 Å². The number of allylic oxidation sites excluding steroid dienone is 2. The van der Waals surface area contributed by atoms with Gasteiger partial charge in [-0.25, -0.2) is 0 Å². The van der Waals surface area contributed by atoms with Crippen LogP contribution in [-0.4, -0.2) is 23.0 Å². The molecule has 100 valence electrons. The van der Waals surface area contributed by atoms with Crippen molar-refractivity contribution >= 4 is 12.3 Å². The Hall–Kier alpha value is -1.32. The molecular weight excluding hydrogens is 232 g/mol. The standard InChI is InChI=1S/C14H20O4/c1-13(2)10(11(13)12(16)17)9(5-8-15)18-14(3)6-4-7-14/h5,8,10-11H,4,6-7H2,1-3H3,(H,16,17). The van der Waals surface area contributed by atoms with Crippen LogP contribution in [0.3, 0.4) is 0 Å². The van der Waals surface area contributed by atoms with E-state index in [0.29, 0.717) is 12.0 Å². The van der Waals surface area contributed by atoms with E-state index in [1.54, 1.807) is 0 Å². The molecule has 0 heterocycles. The van der Waals surface area contributed by atoms with Crippen LogP contribution in [-0.2, 0) is 14.3 Å². The highest BCUT2D eigenvalue weighted by Gasteiger charge is 2.65. The molecule has 0 aromatic heterocycles. The highest BCUT2D eigenvalue weighted by Crippen LogP contribution is 2.62. The molecule has 0 spiro atoms. The smallest absolute Gasteiger partial charge is 0.307 e. The van der Waals surface area contributed by atoms with E-state index >= 15 is 0 Å². The van der Waals surface area contributed by atoms with Gasteiger partial charge in [0.2, 0.25) is 0 Å². The molecule has 2 aliphatic carbocycles. The average molecular weight is 252 g/mol. The zero-order valence-electron chi connectivity index (χ0n) is 11.1. The summed E-state index contributed by atoms with van der Waals surface area (Å²) in [7, 11) is 0. The van der Waals surface area contributed by atoms with Crippen LogP contribution in [0.5, 0.6) is 0 Å². The maximum Gasteiger partial charge on any atom is 0.307 e. The van der Waals surface area contributed by atoms with E-state index in [4.69, 9.17) is 4.74 Å². The van der Waals surface area contributed by atoms with Crippen LogP contribution in [0.15, 0.2) is 11.8 Å². The first-order valence-electron chi connectivity index (χ1n) is 6.39. The zero-order chi connectivity index (χ0) is 13.6. The molecule has 0 aliphatic heterocycles. The third kappa shape index (κ3) is 2.04. The molecule has 4 nitrogen and oxygen atoms in total. The lowest BCUT2D eigenvalue weighted by Crippen LogP contribution is -2.36. The molecule has 18 heavy (non-hydrogen) atoms. The Balaban J connectivity index is 2.15. The monoisotopic (exact) mass is 252 g/mol. The number of aliphatic carboxylic acids is 1. The van der Waals surface area contributed by atoms with Gasteiger partial charge in [0.1, 0.15) is 17.6 Å². The van der Waals surface area contributed by atoms with Crippen molar-refractivity contribution in [1.29, 1.82) is 0 Å². The Morgan fingerprint density at radius 3 is 2.22 bits per heavy atom. The Morgan fingerprint density at radius 1 is 1.28 bits per heavy atom. The Bertz CT molecular complexity index is 404. The SMILES string of the molecule is CC1(OC(=CC=O)C2C(C(=O)O)C2(C)C)CCC1. The number of hydrogen-bond donors (Lipinski definition) is 1. The van der Waals surface area contributed by atoms with Gasteiger partial charge in [-0.2, -0.15) is 0 Å². The summed E-state index contributed by atoms with van der Waals surface area (Å²) in [5, 5.41) is 9.17. The topological polar surface area (TPSA) is 63.6 Å². The lowest BCUT2D eigenvalue weighted by atomic mass is 9.82. The van der Waals surface area contributed by atoms with Gasteiger partial charge < -0.3 is 9.84 Å². The van der Waals surface area contributed by atoms with Gasteiger partial charge in [-0.1, -0.05) is 13.8 Å². The van der Waals surface area contributed by atoms with E-state index in [9.17, 15) is 14.7 Å². The minimum absolute atomic E-state index is 0.183. The van der Waals surface area contributed by atoms with Gasteiger partial charge in [0.25, 0.3) is 0 Å². The number of hydrogen-bond acceptors (Lipinski definition) is 3. The first-order chi connectivity index (χ1) is 8.32. The van der Waals surface area contributed by atoms with E-state index in [0.717, 1.165) is 19.3 Å². The lowest BCUT2D eigenvalue weighted by Gasteiger charge is -2.39. The number of carboxylic acid groups (broad SMARTS) is 1. The number of ether oxygens (including phenoxy) is 1. The van der Waals surface area contributed by atoms with Crippen LogP contribution < -0.4 is 0 Å². The molecule has 2 rings (SSSR count). The van der Waals surface area contributed by atoms with Crippen molar-refractivity contribution in [2.75, 3.05) is 0 Å². The molecule has 0 amide bonds. The fourth-order valence-corrected chi connectivity index (χ4v) is 2.96. The van der Waals surface area contributed by atoms with Crippen molar-refractivity contribution in [3.05, 3.63) is 11.8 Å². The lowest BCUT2D eigenvalue weighted by molar-refractivity contribution is -0.139. The van der Waals surface area contributed by atoms with E-state index < -0.39 is 11.9 Å². The number of aldehydes is 1. The number of carbonyl (C=O) groups is 2. The molecule has 0 aromatic carbocycles. The number of rotatable bonds is 5. The zero-order valence-corrected chi connectivity index (χ0v) is 11.1. The van der Waals surface area contributed by atoms with E-state index in [1.807, 2.05) is 20.8 Å². The predicted octanol–water partition coefficient (Wildman–Crippen LogP) is 2.39. The van der Waals surface area contributed by atoms with Gasteiger partial charge in [0.15, 0.2) is 0 Å². The van der Waals surface area contributed by atoms with E-state index in [1.165, 1.54) is 6.08 Å². The quantitative estimate of drug-likeness (QED) is 0.463. The first kappa shape index (κ1) is 13.1. The summed E-state index contributed by atoms with van der Waals surface area (Å²) in [4.78, 5) is 21.9. The summed E-state index contributed by atoms with van der Waals surface area (Å²) in [5.74, 6) is -0.904. The minimum Gasteiger partial charge on any atom is -0.491 e. The largest absolute Gasteiger partial charge is 0.491 e. The van der Waals surface area contributed by atoms with Crippen LogP contribution in [0.25, 0.3) is 0 Å². The summed E-state index contributed by atoms with van der Waals surface area (Å²) >= 11 is 0. The summed E-state index contributed by atoms with van der Waals surface area (Å²) in [5.41, 5.74) is -0.544. The van der Waals surface area contributed by atoms with Crippen LogP contribution >= 0.6 is 0 Å². The highest BCUT2D eigenvalue weighted by atomic mass is 16.5. The van der Waals surface area contributed by atoms with E-state index in [2.05, 4.69) is 0 Å². The fourth-order valence-electron chi connectivity index (χ4n) is 2.96. The highest BCUT2D eigenvalue weighted by molar-refractivity contribution is 5.77. The molecule has 2 aliphatic rings. The van der Waals surface area contributed by atoms with Gasteiger partial charge in [-0.3, -0.25) is 9.59 Å². The second-order valence-electron chi connectivity index (χ2n) is 6.23. The van der Waals surface area contributed by atoms with Crippen molar-refractivity contribution in [3.8, 4) is 0 Å². The van der Waals surface area contributed by atoms with Crippen LogP contribution in [0.2, 0.25) is 0 Å². The maximum atomic E-state index is 11.2. The van der Waals surface area contributed by atoms with Gasteiger partial charge in [0, 0.05) is 12.0 Å². The molecule has 0 bridgehead atoms. The minimum atomic E-state index is -0.816. The van der Waals surface area contributed by atoms with Crippen molar-refractivity contribution in [1.82, 2.24) is 0 Å². The van der Waals surface area contributed by atoms with Crippen molar-refractivity contribution in [3.63, 3.8) is 0 Å². The molecule has 1 N–H and O–H groups in total. The first-order valence-corrected chi connectivity index (χ1v) is 6.39. The van der Waals surface area contributed by atoms with Crippen molar-refractivity contribution in [2.45, 2.75) is 45.6 Å². The second kappa shape index (κ2) is 4.11. The molecule has 2 atom stereocenters. The fraction of sp³-hybridized carbons (Fsp3) is 0.714. The molecular formula is C14H20O4. The van der Waals surface area contributed by atoms with Crippen molar-refractivity contribution in [2.24, 2.45) is 17.3 Å². The van der Waals surface area contributed by atoms with Crippen molar-refractivity contribution < 1.29 is 19.4 Å². The predicted molar refractivity (Wildman–Crippen MR) is 65.9 cm³/mol. The third-order valence-electron chi connectivity index (χ3n) is 4.41. The Labute approximate surface area is 107 Å². The summed E-state index contributed by atoms with van der Waals surface area (Å²) in [6, 6.07) is 0. The molecule has 0 saturated heterocycles.